The molecular formula is C21H22ClF6NO. The molecule has 1 saturated heterocycles. The third-order valence-corrected chi connectivity index (χ3v) is 5.10. The van der Waals surface area contributed by atoms with Crippen molar-refractivity contribution in [2.45, 2.75) is 43.8 Å². The minimum absolute atomic E-state index is 0. The summed E-state index contributed by atoms with van der Waals surface area (Å²) in [7, 11) is 0. The van der Waals surface area contributed by atoms with Gasteiger partial charge in [-0.2, -0.15) is 26.3 Å². The Morgan fingerprint density at radius 1 is 0.933 bits per heavy atom. The van der Waals surface area contributed by atoms with Gasteiger partial charge in [0.1, 0.15) is 0 Å². The van der Waals surface area contributed by atoms with Gasteiger partial charge in [0.05, 0.1) is 23.3 Å². The first-order valence-electron chi connectivity index (χ1n) is 9.26. The highest BCUT2D eigenvalue weighted by Crippen LogP contribution is 2.39. The van der Waals surface area contributed by atoms with Crippen LogP contribution >= 0.6 is 12.4 Å². The van der Waals surface area contributed by atoms with Gasteiger partial charge in [-0.25, -0.2) is 0 Å². The van der Waals surface area contributed by atoms with E-state index >= 15 is 0 Å². The number of hydrogen-bond donors (Lipinski definition) is 1. The molecule has 0 aliphatic carbocycles. The van der Waals surface area contributed by atoms with Gasteiger partial charge in [0, 0.05) is 12.5 Å². The number of nitrogens with one attached hydrogen (secondary N) is 1. The Bertz CT molecular complexity index is 792. The fraction of sp³-hybridized carbons (Fsp3) is 0.429. The van der Waals surface area contributed by atoms with Crippen molar-refractivity contribution in [2.24, 2.45) is 0 Å². The van der Waals surface area contributed by atoms with E-state index in [2.05, 4.69) is 5.32 Å². The van der Waals surface area contributed by atoms with Gasteiger partial charge in [-0.15, -0.1) is 12.4 Å². The summed E-state index contributed by atoms with van der Waals surface area (Å²) in [5.41, 5.74) is -1.79. The molecule has 0 unspecified atom stereocenters. The highest BCUT2D eigenvalue weighted by molar-refractivity contribution is 5.85. The van der Waals surface area contributed by atoms with Gasteiger partial charge in [0.25, 0.3) is 0 Å². The van der Waals surface area contributed by atoms with E-state index in [0.717, 1.165) is 17.7 Å². The lowest BCUT2D eigenvalue weighted by Gasteiger charge is -2.34. The van der Waals surface area contributed by atoms with Crippen molar-refractivity contribution in [3.63, 3.8) is 0 Å². The van der Waals surface area contributed by atoms with Crippen LogP contribution in [-0.2, 0) is 17.1 Å². The summed E-state index contributed by atoms with van der Waals surface area (Å²) in [5.74, 6) is -0.0414. The average Bonchev–Trinajstić information content (AvgIpc) is 2.67. The van der Waals surface area contributed by atoms with E-state index in [1.54, 1.807) is 0 Å². The van der Waals surface area contributed by atoms with Gasteiger partial charge >= 0.3 is 12.4 Å². The quantitative estimate of drug-likeness (QED) is 0.543. The predicted molar refractivity (Wildman–Crippen MR) is 104 cm³/mol. The van der Waals surface area contributed by atoms with Crippen molar-refractivity contribution in [1.29, 1.82) is 0 Å². The Balaban J connectivity index is 0.00000320. The zero-order valence-corrected chi connectivity index (χ0v) is 16.9. The van der Waals surface area contributed by atoms with Gasteiger partial charge in [0.15, 0.2) is 0 Å². The number of alkyl halides is 6. The fourth-order valence-corrected chi connectivity index (χ4v) is 3.58. The first-order chi connectivity index (χ1) is 13.6. The fourth-order valence-electron chi connectivity index (χ4n) is 3.58. The summed E-state index contributed by atoms with van der Waals surface area (Å²) in [6, 6.07) is 11.1. The van der Waals surface area contributed by atoms with E-state index in [0.29, 0.717) is 19.5 Å². The molecule has 30 heavy (non-hydrogen) atoms. The molecule has 9 heteroatoms. The topological polar surface area (TPSA) is 21.3 Å². The van der Waals surface area contributed by atoms with Crippen molar-refractivity contribution in [2.75, 3.05) is 13.1 Å². The van der Waals surface area contributed by atoms with Gasteiger partial charge in [-0.05, 0) is 49.2 Å². The zero-order valence-electron chi connectivity index (χ0n) is 16.1. The number of ether oxygens (including phenoxy) is 1. The lowest BCUT2D eigenvalue weighted by atomic mass is 9.88. The first-order valence-corrected chi connectivity index (χ1v) is 9.26. The molecule has 1 N–H and O–H groups in total. The maximum absolute atomic E-state index is 13.1. The van der Waals surface area contributed by atoms with Crippen LogP contribution in [0.15, 0.2) is 48.5 Å². The molecule has 3 atom stereocenters. The molecule has 1 heterocycles. The molecule has 2 nitrogen and oxygen atoms in total. The monoisotopic (exact) mass is 453 g/mol. The number of halogens is 7. The standard InChI is InChI=1S/C21H21F6NO.ClH/c1-13(15-9-16(20(22,23)24)11-17(10-15)21(25,26)27)29-19-7-8-28-12-18(19)14-5-3-2-4-6-14;/h2-6,9-11,13,18-19,28H,7-8,12H2,1H3;1H/t13-,18+,19+;/m1./s1. The summed E-state index contributed by atoms with van der Waals surface area (Å²) >= 11 is 0. The van der Waals surface area contributed by atoms with Crippen LogP contribution in [0.3, 0.4) is 0 Å². The normalized spacial score (nSPS) is 21.0. The van der Waals surface area contributed by atoms with Crippen molar-refractivity contribution < 1.29 is 31.1 Å². The summed E-state index contributed by atoms with van der Waals surface area (Å²) in [4.78, 5) is 0. The van der Waals surface area contributed by atoms with Gasteiger partial charge in [0.2, 0.25) is 0 Å². The number of benzene rings is 2. The van der Waals surface area contributed by atoms with Crippen LogP contribution in [0.5, 0.6) is 0 Å². The molecule has 166 valence electrons. The van der Waals surface area contributed by atoms with Gasteiger partial charge in [-0.3, -0.25) is 0 Å². The molecular weight excluding hydrogens is 432 g/mol. The molecule has 1 fully saturated rings. The second-order valence-electron chi connectivity index (χ2n) is 7.17. The number of piperidine rings is 1. The van der Waals surface area contributed by atoms with E-state index in [4.69, 9.17) is 4.74 Å². The second kappa shape index (κ2) is 9.58. The predicted octanol–water partition coefficient (Wildman–Crippen LogP) is 6.37. The largest absolute Gasteiger partial charge is 0.416 e. The van der Waals surface area contributed by atoms with Crippen molar-refractivity contribution in [1.82, 2.24) is 5.32 Å². The zero-order chi connectivity index (χ0) is 21.2. The van der Waals surface area contributed by atoms with Gasteiger partial charge < -0.3 is 10.1 Å². The highest BCUT2D eigenvalue weighted by atomic mass is 35.5. The van der Waals surface area contributed by atoms with E-state index < -0.39 is 29.6 Å². The van der Waals surface area contributed by atoms with Crippen molar-refractivity contribution in [3.8, 4) is 0 Å². The highest BCUT2D eigenvalue weighted by Gasteiger charge is 2.38. The molecule has 2 aromatic rings. The third-order valence-electron chi connectivity index (χ3n) is 5.10. The molecule has 1 aliphatic heterocycles. The molecule has 2 aromatic carbocycles. The summed E-state index contributed by atoms with van der Waals surface area (Å²) in [6.07, 6.45) is -10.4. The lowest BCUT2D eigenvalue weighted by molar-refractivity contribution is -0.143. The smallest absolute Gasteiger partial charge is 0.370 e. The Hall–Kier alpha value is -1.77. The van der Waals surface area contributed by atoms with E-state index in [-0.39, 0.29) is 36.1 Å². The Morgan fingerprint density at radius 2 is 1.50 bits per heavy atom. The number of hydrogen-bond acceptors (Lipinski definition) is 2. The van der Waals surface area contributed by atoms with Crippen LogP contribution in [0.4, 0.5) is 26.3 Å². The SMILES string of the molecule is C[C@@H](O[C@H]1CCNC[C@H]1c1ccccc1)c1cc(C(F)(F)F)cc(C(F)(F)F)c1.Cl. The van der Waals surface area contributed by atoms with Crippen molar-refractivity contribution >= 4 is 12.4 Å². The molecule has 0 spiro atoms. The summed E-state index contributed by atoms with van der Waals surface area (Å²) in [5, 5.41) is 3.26. The number of rotatable bonds is 4. The Morgan fingerprint density at radius 3 is 2.03 bits per heavy atom. The van der Waals surface area contributed by atoms with E-state index in [9.17, 15) is 26.3 Å². The Kier molecular flexibility index (Phi) is 7.82. The van der Waals surface area contributed by atoms with Crippen LogP contribution < -0.4 is 5.32 Å². The molecule has 1 aliphatic rings. The molecule has 0 amide bonds. The molecule has 3 rings (SSSR count). The van der Waals surface area contributed by atoms with Crippen molar-refractivity contribution in [3.05, 3.63) is 70.8 Å². The minimum Gasteiger partial charge on any atom is -0.370 e. The molecule has 0 radical (unpaired) electrons. The van der Waals surface area contributed by atoms with Crippen LogP contribution in [-0.4, -0.2) is 19.2 Å². The lowest BCUT2D eigenvalue weighted by Crippen LogP contribution is -2.40. The maximum atomic E-state index is 13.1. The third kappa shape index (κ3) is 5.89. The maximum Gasteiger partial charge on any atom is 0.416 e. The molecule has 0 saturated carbocycles. The van der Waals surface area contributed by atoms with Crippen LogP contribution in [0.25, 0.3) is 0 Å². The van der Waals surface area contributed by atoms with Gasteiger partial charge in [-0.1, -0.05) is 30.3 Å². The summed E-state index contributed by atoms with van der Waals surface area (Å²) < 4.78 is 84.8. The molecule has 0 aromatic heterocycles. The minimum atomic E-state index is -4.88. The second-order valence-corrected chi connectivity index (χ2v) is 7.17. The van der Waals surface area contributed by atoms with Crippen LogP contribution in [0.2, 0.25) is 0 Å². The van der Waals surface area contributed by atoms with E-state index in [1.165, 1.54) is 6.92 Å². The molecule has 0 bridgehead atoms. The van der Waals surface area contributed by atoms with E-state index in [1.807, 2.05) is 30.3 Å². The first kappa shape index (κ1) is 24.5. The summed E-state index contributed by atoms with van der Waals surface area (Å²) in [6.45, 7) is 2.77. The Labute approximate surface area is 177 Å². The van der Waals surface area contributed by atoms with Crippen LogP contribution in [0, 0.1) is 0 Å². The van der Waals surface area contributed by atoms with Crippen LogP contribution in [0.1, 0.15) is 47.6 Å². The average molecular weight is 454 g/mol.